The predicted molar refractivity (Wildman–Crippen MR) is 92.3 cm³/mol. The average molecular weight is 318 g/mol. The van der Waals surface area contributed by atoms with Gasteiger partial charge in [-0.25, -0.2) is 4.39 Å². The summed E-state index contributed by atoms with van der Waals surface area (Å²) in [4.78, 5) is 7.07. The molecule has 0 spiro atoms. The number of benzene rings is 3. The quantitative estimate of drug-likeness (QED) is 0.532. The van der Waals surface area contributed by atoms with E-state index in [1.165, 1.54) is 10.9 Å². The maximum absolute atomic E-state index is 13.9. The summed E-state index contributed by atoms with van der Waals surface area (Å²) in [5, 5.41) is 5.52. The molecule has 0 aliphatic rings. The second kappa shape index (κ2) is 5.81. The van der Waals surface area contributed by atoms with Crippen LogP contribution in [-0.4, -0.2) is 9.94 Å². The van der Waals surface area contributed by atoms with Crippen LogP contribution in [0.2, 0.25) is 0 Å². The molecule has 0 N–H and O–H groups in total. The molecule has 0 unspecified atom stereocenters. The number of aromatic nitrogens is 2. The van der Waals surface area contributed by atoms with Crippen molar-refractivity contribution in [1.29, 1.82) is 0 Å². The smallest absolute Gasteiger partial charge is 0.193 e. The van der Waals surface area contributed by atoms with Crippen LogP contribution in [0, 0.1) is 12.7 Å². The van der Waals surface area contributed by atoms with E-state index in [9.17, 15) is 4.39 Å². The Hall–Kier alpha value is -3.14. The molecule has 0 aliphatic carbocycles. The van der Waals surface area contributed by atoms with Gasteiger partial charge in [-0.2, -0.15) is 0 Å². The van der Waals surface area contributed by atoms with Crippen LogP contribution in [0.15, 0.2) is 72.8 Å². The third-order valence-corrected chi connectivity index (χ3v) is 3.87. The number of hydrogen-bond acceptors (Lipinski definition) is 2. The van der Waals surface area contributed by atoms with Crippen molar-refractivity contribution < 1.29 is 9.23 Å². The summed E-state index contributed by atoms with van der Waals surface area (Å²) < 4.78 is 13.9. The lowest BCUT2D eigenvalue weighted by Gasteiger charge is -2.06. The molecule has 0 saturated heterocycles. The van der Waals surface area contributed by atoms with Gasteiger partial charge in [-0.3, -0.25) is 0 Å². The Morgan fingerprint density at radius 2 is 1.71 bits per heavy atom. The minimum Gasteiger partial charge on any atom is -0.354 e. The number of nitrogens with zero attached hydrogens (tertiary/aromatic N) is 2. The molecule has 0 bridgehead atoms. The second-order valence-electron chi connectivity index (χ2n) is 5.63. The Balaban J connectivity index is 1.87. The van der Waals surface area contributed by atoms with Gasteiger partial charge in [0, 0.05) is 10.9 Å². The Morgan fingerprint density at radius 1 is 0.917 bits per heavy atom. The molecule has 4 rings (SSSR count). The molecule has 0 radical (unpaired) electrons. The molecule has 0 fully saturated rings. The van der Waals surface area contributed by atoms with Gasteiger partial charge in [0.15, 0.2) is 11.6 Å². The number of aryl methyl sites for hydroxylation is 1. The second-order valence-corrected chi connectivity index (χ2v) is 5.63. The van der Waals surface area contributed by atoms with Crippen LogP contribution in [0.25, 0.3) is 22.2 Å². The predicted octanol–water partition coefficient (Wildman–Crippen LogP) is 4.99. The van der Waals surface area contributed by atoms with E-state index >= 15 is 0 Å². The maximum atomic E-state index is 13.9. The van der Waals surface area contributed by atoms with E-state index in [4.69, 9.17) is 4.84 Å². The molecule has 1 aromatic heterocycles. The molecule has 118 valence electrons. The summed E-state index contributed by atoms with van der Waals surface area (Å²) in [6, 6.07) is 22.2. The summed E-state index contributed by atoms with van der Waals surface area (Å²) in [7, 11) is 0. The van der Waals surface area contributed by atoms with Crippen molar-refractivity contribution in [3.05, 3.63) is 84.2 Å². The Kier molecular flexibility index (Phi) is 3.50. The van der Waals surface area contributed by atoms with Crippen LogP contribution >= 0.6 is 0 Å². The first-order chi connectivity index (χ1) is 11.7. The summed E-state index contributed by atoms with van der Waals surface area (Å²) >= 11 is 0. The molecule has 4 heteroatoms. The number of para-hydroxylation sites is 2. The van der Waals surface area contributed by atoms with E-state index in [0.717, 1.165) is 27.7 Å². The number of halogens is 1. The molecule has 0 amide bonds. The van der Waals surface area contributed by atoms with E-state index in [1.807, 2.05) is 49.4 Å². The standard InChI is InChI=1S/C20H15FN2O/c1-14-7-6-8-15(13-14)20-16-9-2-4-11-18(16)23(22-20)24-19-12-5-3-10-17(19)21/h2-13H,1H3. The summed E-state index contributed by atoms with van der Waals surface area (Å²) in [5.41, 5.74) is 3.76. The van der Waals surface area contributed by atoms with Crippen molar-refractivity contribution in [1.82, 2.24) is 9.94 Å². The van der Waals surface area contributed by atoms with Gasteiger partial charge in [0.05, 0.1) is 0 Å². The lowest BCUT2D eigenvalue weighted by Crippen LogP contribution is -2.08. The largest absolute Gasteiger partial charge is 0.354 e. The van der Waals surface area contributed by atoms with Gasteiger partial charge in [-0.1, -0.05) is 58.9 Å². The van der Waals surface area contributed by atoms with Crippen molar-refractivity contribution in [2.24, 2.45) is 0 Å². The lowest BCUT2D eigenvalue weighted by atomic mass is 10.1. The van der Waals surface area contributed by atoms with Crippen LogP contribution in [0.3, 0.4) is 0 Å². The van der Waals surface area contributed by atoms with Gasteiger partial charge in [-0.15, -0.1) is 5.10 Å². The molecule has 4 aromatic rings. The lowest BCUT2D eigenvalue weighted by molar-refractivity contribution is 0.182. The third-order valence-electron chi connectivity index (χ3n) is 3.87. The SMILES string of the molecule is Cc1cccc(-c2nn(Oc3ccccc3F)c3ccccc23)c1. The van der Waals surface area contributed by atoms with Gasteiger partial charge in [-0.05, 0) is 31.2 Å². The maximum Gasteiger partial charge on any atom is 0.193 e. The van der Waals surface area contributed by atoms with Crippen molar-refractivity contribution in [3.8, 4) is 17.0 Å². The van der Waals surface area contributed by atoms with E-state index in [1.54, 1.807) is 18.2 Å². The zero-order chi connectivity index (χ0) is 16.5. The fourth-order valence-corrected chi connectivity index (χ4v) is 2.73. The molecule has 0 aliphatic heterocycles. The van der Waals surface area contributed by atoms with Crippen molar-refractivity contribution in [2.75, 3.05) is 0 Å². The van der Waals surface area contributed by atoms with Crippen molar-refractivity contribution in [2.45, 2.75) is 6.92 Å². The molecule has 1 heterocycles. The van der Waals surface area contributed by atoms with Crippen molar-refractivity contribution in [3.63, 3.8) is 0 Å². The summed E-state index contributed by atoms with van der Waals surface area (Å²) in [6.45, 7) is 2.04. The summed E-state index contributed by atoms with van der Waals surface area (Å²) in [5.74, 6) is -0.282. The monoisotopic (exact) mass is 318 g/mol. The van der Waals surface area contributed by atoms with E-state index in [2.05, 4.69) is 11.2 Å². The highest BCUT2D eigenvalue weighted by Crippen LogP contribution is 2.29. The van der Waals surface area contributed by atoms with E-state index in [-0.39, 0.29) is 5.75 Å². The first kappa shape index (κ1) is 14.5. The van der Waals surface area contributed by atoms with Crippen molar-refractivity contribution >= 4 is 10.9 Å². The van der Waals surface area contributed by atoms with Crippen LogP contribution < -0.4 is 4.84 Å². The Morgan fingerprint density at radius 3 is 2.54 bits per heavy atom. The van der Waals surface area contributed by atoms with Gasteiger partial charge in [0.25, 0.3) is 0 Å². The Labute approximate surface area is 138 Å². The van der Waals surface area contributed by atoms with E-state index < -0.39 is 5.82 Å². The minimum absolute atomic E-state index is 0.140. The zero-order valence-electron chi connectivity index (χ0n) is 13.1. The minimum atomic E-state index is -0.422. The zero-order valence-corrected chi connectivity index (χ0v) is 13.1. The normalized spacial score (nSPS) is 10.9. The molecule has 24 heavy (non-hydrogen) atoms. The molecular weight excluding hydrogens is 303 g/mol. The van der Waals surface area contributed by atoms with Crippen LogP contribution in [0.4, 0.5) is 4.39 Å². The van der Waals surface area contributed by atoms with Gasteiger partial charge in [0.2, 0.25) is 0 Å². The molecule has 3 nitrogen and oxygen atoms in total. The highest BCUT2D eigenvalue weighted by Gasteiger charge is 2.14. The van der Waals surface area contributed by atoms with Gasteiger partial charge >= 0.3 is 0 Å². The van der Waals surface area contributed by atoms with Gasteiger partial charge < -0.3 is 4.84 Å². The highest BCUT2D eigenvalue weighted by molar-refractivity contribution is 5.93. The topological polar surface area (TPSA) is 27.1 Å². The molecule has 0 saturated carbocycles. The Bertz CT molecular complexity index is 1020. The fourth-order valence-electron chi connectivity index (χ4n) is 2.73. The fraction of sp³-hybridized carbons (Fsp3) is 0.0500. The van der Waals surface area contributed by atoms with Gasteiger partial charge in [0.1, 0.15) is 11.2 Å². The first-order valence-electron chi connectivity index (χ1n) is 7.70. The highest BCUT2D eigenvalue weighted by atomic mass is 19.1. The number of fused-ring (bicyclic) bond motifs is 1. The molecular formula is C20H15FN2O. The van der Waals surface area contributed by atoms with Crippen LogP contribution in [0.5, 0.6) is 5.75 Å². The molecule has 3 aromatic carbocycles. The first-order valence-corrected chi connectivity index (χ1v) is 7.70. The summed E-state index contributed by atoms with van der Waals surface area (Å²) in [6.07, 6.45) is 0. The van der Waals surface area contributed by atoms with Crippen LogP contribution in [-0.2, 0) is 0 Å². The average Bonchev–Trinajstić information content (AvgIpc) is 2.96. The number of hydrogen-bond donors (Lipinski definition) is 0. The third kappa shape index (κ3) is 2.52. The van der Waals surface area contributed by atoms with E-state index in [0.29, 0.717) is 0 Å². The number of rotatable bonds is 3. The molecule has 0 atom stereocenters. The van der Waals surface area contributed by atoms with Crippen LogP contribution in [0.1, 0.15) is 5.56 Å².